The SMILES string of the molecule is CCCCC1CCC(C(=O)OCCNc2ccc([N+](=O)[O-])cn2)CC1. The van der Waals surface area contributed by atoms with Crippen LogP contribution in [0.5, 0.6) is 0 Å². The molecule has 2 rings (SSSR count). The van der Waals surface area contributed by atoms with Crippen LogP contribution in [0.3, 0.4) is 0 Å². The second-order valence-corrected chi connectivity index (χ2v) is 6.61. The number of hydrogen-bond donors (Lipinski definition) is 1. The van der Waals surface area contributed by atoms with E-state index in [9.17, 15) is 14.9 Å². The maximum Gasteiger partial charge on any atom is 0.308 e. The number of anilines is 1. The van der Waals surface area contributed by atoms with Crippen LogP contribution in [0.25, 0.3) is 0 Å². The fraction of sp³-hybridized carbons (Fsp3) is 0.667. The molecule has 1 aromatic heterocycles. The van der Waals surface area contributed by atoms with Crippen molar-refractivity contribution in [1.82, 2.24) is 4.98 Å². The zero-order chi connectivity index (χ0) is 18.1. The summed E-state index contributed by atoms with van der Waals surface area (Å²) >= 11 is 0. The Hall–Kier alpha value is -2.18. The fourth-order valence-electron chi connectivity index (χ4n) is 3.23. The largest absolute Gasteiger partial charge is 0.464 e. The number of carbonyl (C=O) groups is 1. The van der Waals surface area contributed by atoms with Gasteiger partial charge in [-0.25, -0.2) is 4.98 Å². The van der Waals surface area contributed by atoms with E-state index in [2.05, 4.69) is 17.2 Å². The fourth-order valence-corrected chi connectivity index (χ4v) is 3.23. The van der Waals surface area contributed by atoms with Crippen molar-refractivity contribution in [2.45, 2.75) is 51.9 Å². The Kier molecular flexibility index (Phi) is 7.63. The number of pyridine rings is 1. The highest BCUT2D eigenvalue weighted by atomic mass is 16.6. The summed E-state index contributed by atoms with van der Waals surface area (Å²) in [5.41, 5.74) is -0.0495. The second-order valence-electron chi connectivity index (χ2n) is 6.61. The third-order valence-corrected chi connectivity index (χ3v) is 4.76. The highest BCUT2D eigenvalue weighted by Crippen LogP contribution is 2.32. The average molecular weight is 349 g/mol. The maximum atomic E-state index is 12.1. The lowest BCUT2D eigenvalue weighted by molar-refractivity contribution is -0.385. The molecule has 0 saturated heterocycles. The van der Waals surface area contributed by atoms with Gasteiger partial charge in [-0.1, -0.05) is 26.2 Å². The molecule has 0 amide bonds. The molecule has 0 spiro atoms. The predicted molar refractivity (Wildman–Crippen MR) is 95.3 cm³/mol. The van der Waals surface area contributed by atoms with Gasteiger partial charge in [0.05, 0.1) is 17.4 Å². The van der Waals surface area contributed by atoms with Gasteiger partial charge in [-0.3, -0.25) is 14.9 Å². The molecule has 138 valence electrons. The number of ether oxygens (including phenoxy) is 1. The first-order chi connectivity index (χ1) is 12.1. The lowest BCUT2D eigenvalue weighted by Crippen LogP contribution is -2.25. The van der Waals surface area contributed by atoms with Gasteiger partial charge in [-0.15, -0.1) is 0 Å². The zero-order valence-corrected chi connectivity index (χ0v) is 14.8. The molecule has 25 heavy (non-hydrogen) atoms. The van der Waals surface area contributed by atoms with Crippen molar-refractivity contribution in [1.29, 1.82) is 0 Å². The smallest absolute Gasteiger partial charge is 0.308 e. The van der Waals surface area contributed by atoms with Gasteiger partial charge in [0.1, 0.15) is 18.6 Å². The number of rotatable bonds is 9. The van der Waals surface area contributed by atoms with Gasteiger partial charge in [0.15, 0.2) is 0 Å². The highest BCUT2D eigenvalue weighted by molar-refractivity contribution is 5.72. The summed E-state index contributed by atoms with van der Waals surface area (Å²) in [7, 11) is 0. The molecule has 1 heterocycles. The minimum absolute atomic E-state index is 0.0374. The first-order valence-electron chi connectivity index (χ1n) is 9.11. The van der Waals surface area contributed by atoms with Crippen LogP contribution in [-0.2, 0) is 9.53 Å². The third kappa shape index (κ3) is 6.32. The van der Waals surface area contributed by atoms with Crippen LogP contribution in [0, 0.1) is 22.0 Å². The number of esters is 1. The second kappa shape index (κ2) is 9.96. The molecule has 1 aliphatic rings. The van der Waals surface area contributed by atoms with Gasteiger partial charge in [-0.2, -0.15) is 0 Å². The number of nitrogens with one attached hydrogen (secondary N) is 1. The topological polar surface area (TPSA) is 94.4 Å². The van der Waals surface area contributed by atoms with Crippen molar-refractivity contribution in [2.75, 3.05) is 18.5 Å². The van der Waals surface area contributed by atoms with Crippen molar-refractivity contribution >= 4 is 17.5 Å². The number of nitrogens with zero attached hydrogens (tertiary/aromatic N) is 2. The molecule has 0 radical (unpaired) electrons. The number of unbranched alkanes of at least 4 members (excludes halogenated alkanes) is 1. The van der Waals surface area contributed by atoms with Gasteiger partial charge >= 0.3 is 5.97 Å². The minimum Gasteiger partial charge on any atom is -0.464 e. The molecular weight excluding hydrogens is 322 g/mol. The highest BCUT2D eigenvalue weighted by Gasteiger charge is 2.26. The van der Waals surface area contributed by atoms with Gasteiger partial charge in [0.2, 0.25) is 0 Å². The van der Waals surface area contributed by atoms with Crippen molar-refractivity contribution in [3.63, 3.8) is 0 Å². The van der Waals surface area contributed by atoms with Crippen molar-refractivity contribution in [3.05, 3.63) is 28.4 Å². The van der Waals surface area contributed by atoms with E-state index in [0.29, 0.717) is 12.4 Å². The summed E-state index contributed by atoms with van der Waals surface area (Å²) in [4.78, 5) is 26.1. The average Bonchev–Trinajstić information content (AvgIpc) is 2.64. The molecule has 0 aromatic carbocycles. The monoisotopic (exact) mass is 349 g/mol. The van der Waals surface area contributed by atoms with E-state index in [4.69, 9.17) is 4.74 Å². The minimum atomic E-state index is -0.491. The van der Waals surface area contributed by atoms with Crippen molar-refractivity contribution in [2.24, 2.45) is 11.8 Å². The number of aromatic nitrogens is 1. The molecule has 1 aliphatic carbocycles. The normalized spacial score (nSPS) is 20.0. The summed E-state index contributed by atoms with van der Waals surface area (Å²) < 4.78 is 5.34. The summed E-state index contributed by atoms with van der Waals surface area (Å²) in [5, 5.41) is 13.5. The maximum absolute atomic E-state index is 12.1. The number of carbonyl (C=O) groups excluding carboxylic acids is 1. The van der Waals surface area contributed by atoms with Crippen LogP contribution in [0.4, 0.5) is 11.5 Å². The van der Waals surface area contributed by atoms with Crippen LogP contribution < -0.4 is 5.32 Å². The van der Waals surface area contributed by atoms with Crippen LogP contribution in [0.1, 0.15) is 51.9 Å². The molecule has 1 N–H and O–H groups in total. The summed E-state index contributed by atoms with van der Waals surface area (Å²) in [6.45, 7) is 2.92. The lowest BCUT2D eigenvalue weighted by atomic mass is 9.80. The van der Waals surface area contributed by atoms with Gasteiger partial charge in [0, 0.05) is 6.07 Å². The Labute approximate surface area is 148 Å². The first kappa shape index (κ1) is 19.1. The summed E-state index contributed by atoms with van der Waals surface area (Å²) in [6.07, 6.45) is 9.13. The van der Waals surface area contributed by atoms with Crippen LogP contribution in [-0.4, -0.2) is 29.0 Å². The van der Waals surface area contributed by atoms with Crippen molar-refractivity contribution < 1.29 is 14.5 Å². The van der Waals surface area contributed by atoms with E-state index in [1.54, 1.807) is 0 Å². The number of nitro groups is 1. The van der Waals surface area contributed by atoms with E-state index < -0.39 is 4.92 Å². The van der Waals surface area contributed by atoms with E-state index >= 15 is 0 Å². The van der Waals surface area contributed by atoms with Crippen molar-refractivity contribution in [3.8, 4) is 0 Å². The predicted octanol–water partition coefficient (Wildman–Crippen LogP) is 3.94. The molecule has 0 aliphatic heterocycles. The Balaban J connectivity index is 1.61. The molecule has 0 atom stereocenters. The van der Waals surface area contributed by atoms with Gasteiger partial charge in [0.25, 0.3) is 5.69 Å². The standard InChI is InChI=1S/C18H27N3O4/c1-2-3-4-14-5-7-15(8-6-14)18(22)25-12-11-19-17-10-9-16(13-20-17)21(23)24/h9-10,13-15H,2-8,11-12H2,1H3,(H,19,20). The Morgan fingerprint density at radius 1 is 1.36 bits per heavy atom. The molecule has 0 bridgehead atoms. The quantitative estimate of drug-likeness (QED) is 0.314. The van der Waals surface area contributed by atoms with Gasteiger partial charge in [-0.05, 0) is 37.7 Å². The lowest BCUT2D eigenvalue weighted by Gasteiger charge is -2.27. The Bertz CT molecular complexity index is 554. The van der Waals surface area contributed by atoms with E-state index in [0.717, 1.165) is 31.6 Å². The Morgan fingerprint density at radius 2 is 2.12 bits per heavy atom. The molecule has 7 heteroatoms. The van der Waals surface area contributed by atoms with E-state index in [1.165, 1.54) is 37.6 Å². The summed E-state index contributed by atoms with van der Waals surface area (Å²) in [5.74, 6) is 1.24. The molecule has 1 saturated carbocycles. The number of hydrogen-bond acceptors (Lipinski definition) is 6. The third-order valence-electron chi connectivity index (χ3n) is 4.76. The van der Waals surface area contributed by atoms with Crippen LogP contribution in [0.2, 0.25) is 0 Å². The van der Waals surface area contributed by atoms with Crippen LogP contribution in [0.15, 0.2) is 18.3 Å². The zero-order valence-electron chi connectivity index (χ0n) is 14.8. The molecule has 7 nitrogen and oxygen atoms in total. The van der Waals surface area contributed by atoms with E-state index in [-0.39, 0.29) is 24.2 Å². The molecule has 1 fully saturated rings. The first-order valence-corrected chi connectivity index (χ1v) is 9.11. The molecule has 1 aromatic rings. The van der Waals surface area contributed by atoms with E-state index in [1.807, 2.05) is 0 Å². The van der Waals surface area contributed by atoms with Gasteiger partial charge < -0.3 is 10.1 Å². The molecule has 0 unspecified atom stereocenters. The Morgan fingerprint density at radius 3 is 2.72 bits per heavy atom. The summed E-state index contributed by atoms with van der Waals surface area (Å²) in [6, 6.07) is 2.93. The molecular formula is C18H27N3O4. The van der Waals surface area contributed by atoms with Crippen LogP contribution >= 0.6 is 0 Å².